The molecule has 0 radical (unpaired) electrons. The van der Waals surface area contributed by atoms with Crippen molar-refractivity contribution in [1.29, 1.82) is 0 Å². The van der Waals surface area contributed by atoms with Crippen LogP contribution < -0.4 is 10.1 Å². The van der Waals surface area contributed by atoms with Gasteiger partial charge in [-0.25, -0.2) is 0 Å². The summed E-state index contributed by atoms with van der Waals surface area (Å²) in [6, 6.07) is 7.68. The lowest BCUT2D eigenvalue weighted by Gasteiger charge is -2.13. The van der Waals surface area contributed by atoms with E-state index in [0.29, 0.717) is 16.7 Å². The molecule has 0 amide bonds. The fourth-order valence-corrected chi connectivity index (χ4v) is 1.98. The smallest absolute Gasteiger partial charge is 0.238 e. The second-order valence-electron chi connectivity index (χ2n) is 4.18. The number of halogens is 1. The molecule has 0 saturated carbocycles. The van der Waals surface area contributed by atoms with Crippen LogP contribution in [0.2, 0.25) is 5.02 Å². The van der Waals surface area contributed by atoms with Crippen molar-refractivity contribution in [2.24, 2.45) is 0 Å². The summed E-state index contributed by atoms with van der Waals surface area (Å²) in [5, 5.41) is 10.7. The molecule has 0 aliphatic carbocycles. The van der Waals surface area contributed by atoms with E-state index in [-0.39, 0.29) is 6.04 Å². The standard InChI is InChI=1S/C13H16ClN3O/c1-8-6-13(17-16-8)18-10-4-5-11(9(2)15-3)12(14)7-10/h4-7,9,15H,1-3H3,(H,16,17). The first kappa shape index (κ1) is 12.9. The van der Waals surface area contributed by atoms with Crippen molar-refractivity contribution in [3.8, 4) is 11.6 Å². The molecule has 1 heterocycles. The Labute approximate surface area is 111 Å². The highest BCUT2D eigenvalue weighted by Crippen LogP contribution is 2.29. The summed E-state index contributed by atoms with van der Waals surface area (Å²) in [4.78, 5) is 0. The summed E-state index contributed by atoms with van der Waals surface area (Å²) in [7, 11) is 1.90. The van der Waals surface area contributed by atoms with Crippen molar-refractivity contribution in [2.45, 2.75) is 19.9 Å². The molecule has 0 saturated heterocycles. The van der Waals surface area contributed by atoms with E-state index in [0.717, 1.165) is 11.3 Å². The molecule has 96 valence electrons. The molecule has 2 N–H and O–H groups in total. The zero-order valence-electron chi connectivity index (χ0n) is 10.6. The van der Waals surface area contributed by atoms with Crippen LogP contribution in [-0.4, -0.2) is 17.2 Å². The number of nitrogens with zero attached hydrogens (tertiary/aromatic N) is 1. The molecule has 0 aliphatic heterocycles. The third-order valence-electron chi connectivity index (χ3n) is 2.78. The number of aromatic nitrogens is 2. The maximum atomic E-state index is 6.23. The number of aryl methyl sites for hydroxylation is 1. The summed E-state index contributed by atoms with van der Waals surface area (Å²) in [5.41, 5.74) is 2.00. The van der Waals surface area contributed by atoms with Crippen LogP contribution in [0.4, 0.5) is 0 Å². The number of rotatable bonds is 4. The Morgan fingerprint density at radius 1 is 1.39 bits per heavy atom. The zero-order valence-corrected chi connectivity index (χ0v) is 11.4. The zero-order chi connectivity index (χ0) is 13.1. The van der Waals surface area contributed by atoms with Crippen LogP contribution in [0, 0.1) is 6.92 Å². The van der Waals surface area contributed by atoms with Crippen molar-refractivity contribution in [2.75, 3.05) is 7.05 Å². The molecule has 5 heteroatoms. The molecule has 2 rings (SSSR count). The molecule has 1 aromatic carbocycles. The Hall–Kier alpha value is -1.52. The highest BCUT2D eigenvalue weighted by molar-refractivity contribution is 6.31. The van der Waals surface area contributed by atoms with E-state index in [1.54, 1.807) is 6.07 Å². The molecular formula is C13H16ClN3O. The number of ether oxygens (including phenoxy) is 1. The van der Waals surface area contributed by atoms with Crippen molar-refractivity contribution in [3.05, 3.63) is 40.5 Å². The maximum Gasteiger partial charge on any atom is 0.238 e. The maximum absolute atomic E-state index is 6.23. The largest absolute Gasteiger partial charge is 0.437 e. The van der Waals surface area contributed by atoms with E-state index in [1.165, 1.54) is 0 Å². The van der Waals surface area contributed by atoms with Gasteiger partial charge in [0.2, 0.25) is 5.88 Å². The van der Waals surface area contributed by atoms with Gasteiger partial charge in [-0.2, -0.15) is 0 Å². The van der Waals surface area contributed by atoms with Crippen LogP contribution in [0.15, 0.2) is 24.3 Å². The Balaban J connectivity index is 2.18. The quantitative estimate of drug-likeness (QED) is 0.890. The molecule has 0 spiro atoms. The van der Waals surface area contributed by atoms with Crippen LogP contribution in [0.5, 0.6) is 11.6 Å². The molecule has 4 nitrogen and oxygen atoms in total. The molecule has 0 bridgehead atoms. The highest BCUT2D eigenvalue weighted by Gasteiger charge is 2.09. The molecule has 1 aromatic heterocycles. The van der Waals surface area contributed by atoms with E-state index < -0.39 is 0 Å². The van der Waals surface area contributed by atoms with E-state index in [2.05, 4.69) is 22.4 Å². The number of hydrogen-bond acceptors (Lipinski definition) is 3. The minimum Gasteiger partial charge on any atom is -0.437 e. The number of benzene rings is 1. The van der Waals surface area contributed by atoms with Crippen molar-refractivity contribution in [3.63, 3.8) is 0 Å². The van der Waals surface area contributed by atoms with Gasteiger partial charge in [-0.05, 0) is 38.6 Å². The topological polar surface area (TPSA) is 49.9 Å². The van der Waals surface area contributed by atoms with E-state index in [4.69, 9.17) is 16.3 Å². The van der Waals surface area contributed by atoms with Gasteiger partial charge in [0.05, 0.1) is 0 Å². The lowest BCUT2D eigenvalue weighted by atomic mass is 10.1. The minimum absolute atomic E-state index is 0.208. The number of hydrogen-bond donors (Lipinski definition) is 2. The Bertz CT molecular complexity index is 539. The first-order valence-corrected chi connectivity index (χ1v) is 6.14. The first-order chi connectivity index (χ1) is 8.60. The number of H-pyrrole nitrogens is 1. The molecule has 1 atom stereocenters. The average Bonchev–Trinajstić information content (AvgIpc) is 2.74. The predicted molar refractivity (Wildman–Crippen MR) is 72.3 cm³/mol. The van der Waals surface area contributed by atoms with Gasteiger partial charge in [0.25, 0.3) is 0 Å². The van der Waals surface area contributed by atoms with Gasteiger partial charge in [-0.15, -0.1) is 5.10 Å². The summed E-state index contributed by atoms with van der Waals surface area (Å²) in [6.45, 7) is 3.98. The molecule has 18 heavy (non-hydrogen) atoms. The van der Waals surface area contributed by atoms with Gasteiger partial charge in [-0.1, -0.05) is 17.7 Å². The van der Waals surface area contributed by atoms with Crippen molar-refractivity contribution >= 4 is 11.6 Å². The Morgan fingerprint density at radius 3 is 2.72 bits per heavy atom. The third kappa shape index (κ3) is 2.83. The van der Waals surface area contributed by atoms with Gasteiger partial charge < -0.3 is 10.1 Å². The van der Waals surface area contributed by atoms with Crippen LogP contribution in [0.25, 0.3) is 0 Å². The van der Waals surface area contributed by atoms with Crippen molar-refractivity contribution < 1.29 is 4.74 Å². The second-order valence-corrected chi connectivity index (χ2v) is 4.59. The third-order valence-corrected chi connectivity index (χ3v) is 3.10. The van der Waals surface area contributed by atoms with Crippen LogP contribution in [0.3, 0.4) is 0 Å². The van der Waals surface area contributed by atoms with E-state index in [9.17, 15) is 0 Å². The molecule has 0 fully saturated rings. The van der Waals surface area contributed by atoms with Gasteiger partial charge >= 0.3 is 0 Å². The van der Waals surface area contributed by atoms with E-state index >= 15 is 0 Å². The SMILES string of the molecule is CNC(C)c1ccc(Oc2cc(C)[nH]n2)cc1Cl. The highest BCUT2D eigenvalue weighted by atomic mass is 35.5. The van der Waals surface area contributed by atoms with Gasteiger partial charge in [0.15, 0.2) is 0 Å². The average molecular weight is 266 g/mol. The van der Waals surface area contributed by atoms with Gasteiger partial charge in [0.1, 0.15) is 5.75 Å². The summed E-state index contributed by atoms with van der Waals surface area (Å²) in [5.74, 6) is 1.22. The molecular weight excluding hydrogens is 250 g/mol. The van der Waals surface area contributed by atoms with Gasteiger partial charge in [0, 0.05) is 22.8 Å². The van der Waals surface area contributed by atoms with Gasteiger partial charge in [-0.3, -0.25) is 5.10 Å². The fourth-order valence-electron chi connectivity index (χ4n) is 1.64. The summed E-state index contributed by atoms with van der Waals surface area (Å²) in [6.07, 6.45) is 0. The lowest BCUT2D eigenvalue weighted by Crippen LogP contribution is -2.12. The fraction of sp³-hybridized carbons (Fsp3) is 0.308. The summed E-state index contributed by atoms with van der Waals surface area (Å²) >= 11 is 6.23. The number of nitrogens with one attached hydrogen (secondary N) is 2. The Morgan fingerprint density at radius 2 is 2.17 bits per heavy atom. The van der Waals surface area contributed by atoms with E-state index in [1.807, 2.05) is 32.2 Å². The Kier molecular flexibility index (Phi) is 3.89. The molecule has 2 aromatic rings. The normalized spacial score (nSPS) is 12.4. The lowest BCUT2D eigenvalue weighted by molar-refractivity contribution is 0.461. The number of aromatic amines is 1. The summed E-state index contributed by atoms with van der Waals surface area (Å²) < 4.78 is 5.60. The van der Waals surface area contributed by atoms with Crippen LogP contribution >= 0.6 is 11.6 Å². The van der Waals surface area contributed by atoms with Crippen LogP contribution in [0.1, 0.15) is 24.2 Å². The van der Waals surface area contributed by atoms with Crippen LogP contribution in [-0.2, 0) is 0 Å². The monoisotopic (exact) mass is 265 g/mol. The first-order valence-electron chi connectivity index (χ1n) is 5.76. The minimum atomic E-state index is 0.208. The van der Waals surface area contributed by atoms with Crippen molar-refractivity contribution in [1.82, 2.24) is 15.5 Å². The molecule has 1 unspecified atom stereocenters. The predicted octanol–water partition coefficient (Wildman–Crippen LogP) is 3.44. The molecule has 0 aliphatic rings. The second kappa shape index (κ2) is 5.42.